The van der Waals surface area contributed by atoms with E-state index in [1.165, 1.54) is 12.0 Å². The van der Waals surface area contributed by atoms with Gasteiger partial charge in [0.25, 0.3) is 11.8 Å². The average molecular weight is 365 g/mol. The van der Waals surface area contributed by atoms with E-state index < -0.39 is 0 Å². The van der Waals surface area contributed by atoms with Gasteiger partial charge in [-0.3, -0.25) is 9.59 Å². The standard InChI is InChI=1S/C22H27N3O2/c26-21(23-16-8-11-17-9-3-1-4-10-17)19-14-7-15-20(25-19)22(27)24-18-12-5-2-6-13-18/h1,3-4,7,9-10,14-15,18H,2,5-6,8,11-13,16H2,(H,23,26)(H,24,27). The molecule has 1 aromatic heterocycles. The molecule has 1 aromatic carbocycles. The van der Waals surface area contributed by atoms with Gasteiger partial charge < -0.3 is 10.6 Å². The molecule has 0 radical (unpaired) electrons. The molecule has 0 unspecified atom stereocenters. The van der Waals surface area contributed by atoms with Crippen molar-refractivity contribution in [3.8, 4) is 0 Å². The molecule has 1 fully saturated rings. The van der Waals surface area contributed by atoms with Crippen molar-refractivity contribution >= 4 is 11.8 Å². The Balaban J connectivity index is 1.48. The lowest BCUT2D eigenvalue weighted by Crippen LogP contribution is -2.37. The number of hydrogen-bond acceptors (Lipinski definition) is 3. The maximum Gasteiger partial charge on any atom is 0.270 e. The molecule has 1 heterocycles. The zero-order valence-electron chi connectivity index (χ0n) is 15.6. The van der Waals surface area contributed by atoms with Crippen molar-refractivity contribution in [2.75, 3.05) is 6.54 Å². The van der Waals surface area contributed by atoms with Crippen molar-refractivity contribution in [1.29, 1.82) is 0 Å². The smallest absolute Gasteiger partial charge is 0.270 e. The number of amides is 2. The molecule has 1 aliphatic carbocycles. The zero-order chi connectivity index (χ0) is 18.9. The summed E-state index contributed by atoms with van der Waals surface area (Å²) in [4.78, 5) is 29.0. The van der Waals surface area contributed by atoms with E-state index in [-0.39, 0.29) is 23.6 Å². The molecule has 3 rings (SSSR count). The van der Waals surface area contributed by atoms with Crippen LogP contribution in [0.4, 0.5) is 0 Å². The van der Waals surface area contributed by atoms with Crippen molar-refractivity contribution in [1.82, 2.24) is 15.6 Å². The van der Waals surface area contributed by atoms with Crippen LogP contribution in [-0.2, 0) is 6.42 Å². The van der Waals surface area contributed by atoms with Crippen LogP contribution in [0.25, 0.3) is 0 Å². The highest BCUT2D eigenvalue weighted by Crippen LogP contribution is 2.17. The lowest BCUT2D eigenvalue weighted by atomic mass is 9.95. The van der Waals surface area contributed by atoms with E-state index in [4.69, 9.17) is 0 Å². The maximum atomic E-state index is 12.4. The van der Waals surface area contributed by atoms with Crippen LogP contribution in [0.1, 0.15) is 65.1 Å². The lowest BCUT2D eigenvalue weighted by Gasteiger charge is -2.22. The number of nitrogens with zero attached hydrogens (tertiary/aromatic N) is 1. The van der Waals surface area contributed by atoms with Gasteiger partial charge in [0.2, 0.25) is 0 Å². The van der Waals surface area contributed by atoms with E-state index >= 15 is 0 Å². The molecule has 2 amide bonds. The fourth-order valence-corrected chi connectivity index (χ4v) is 3.42. The molecule has 0 bridgehead atoms. The molecule has 142 valence electrons. The normalized spacial score (nSPS) is 14.5. The van der Waals surface area contributed by atoms with Crippen LogP contribution in [0.3, 0.4) is 0 Å². The number of benzene rings is 1. The number of hydrogen-bond donors (Lipinski definition) is 2. The minimum atomic E-state index is -0.240. The number of carbonyl (C=O) groups is 2. The summed E-state index contributed by atoms with van der Waals surface area (Å²) in [5.41, 5.74) is 1.84. The van der Waals surface area contributed by atoms with Gasteiger partial charge in [-0.2, -0.15) is 0 Å². The van der Waals surface area contributed by atoms with Crippen LogP contribution in [0, 0.1) is 0 Å². The highest BCUT2D eigenvalue weighted by atomic mass is 16.2. The minimum Gasteiger partial charge on any atom is -0.351 e. The molecule has 0 saturated heterocycles. The highest BCUT2D eigenvalue weighted by molar-refractivity contribution is 5.96. The maximum absolute atomic E-state index is 12.4. The molecule has 2 aromatic rings. The van der Waals surface area contributed by atoms with E-state index in [0.717, 1.165) is 38.5 Å². The fraction of sp³-hybridized carbons (Fsp3) is 0.409. The van der Waals surface area contributed by atoms with Gasteiger partial charge in [0, 0.05) is 12.6 Å². The molecule has 1 aliphatic rings. The summed E-state index contributed by atoms with van der Waals surface area (Å²) in [5, 5.41) is 5.92. The van der Waals surface area contributed by atoms with Crippen LogP contribution in [0.2, 0.25) is 0 Å². The molecular formula is C22H27N3O2. The highest BCUT2D eigenvalue weighted by Gasteiger charge is 2.18. The Hall–Kier alpha value is -2.69. The molecule has 27 heavy (non-hydrogen) atoms. The van der Waals surface area contributed by atoms with Gasteiger partial charge in [-0.05, 0) is 43.4 Å². The predicted molar refractivity (Wildman–Crippen MR) is 106 cm³/mol. The van der Waals surface area contributed by atoms with Crippen LogP contribution in [0.15, 0.2) is 48.5 Å². The van der Waals surface area contributed by atoms with E-state index in [0.29, 0.717) is 12.2 Å². The van der Waals surface area contributed by atoms with Crippen molar-refractivity contribution in [2.45, 2.75) is 51.0 Å². The van der Waals surface area contributed by atoms with Crippen molar-refractivity contribution < 1.29 is 9.59 Å². The lowest BCUT2D eigenvalue weighted by molar-refractivity contribution is 0.0922. The Morgan fingerprint density at radius 1 is 0.889 bits per heavy atom. The predicted octanol–water partition coefficient (Wildman–Crippen LogP) is 3.51. The van der Waals surface area contributed by atoms with E-state index in [9.17, 15) is 9.59 Å². The fourth-order valence-electron chi connectivity index (χ4n) is 3.42. The Labute approximate surface area is 160 Å². The Bertz CT molecular complexity index is 755. The largest absolute Gasteiger partial charge is 0.351 e. The third kappa shape index (κ3) is 5.91. The molecular weight excluding hydrogens is 338 g/mol. The van der Waals surface area contributed by atoms with Crippen LogP contribution in [-0.4, -0.2) is 29.4 Å². The first-order valence-electron chi connectivity index (χ1n) is 9.82. The van der Waals surface area contributed by atoms with Gasteiger partial charge in [0.1, 0.15) is 11.4 Å². The second-order valence-corrected chi connectivity index (χ2v) is 7.06. The van der Waals surface area contributed by atoms with Gasteiger partial charge in [0.15, 0.2) is 0 Å². The monoisotopic (exact) mass is 365 g/mol. The van der Waals surface area contributed by atoms with E-state index in [1.807, 2.05) is 18.2 Å². The van der Waals surface area contributed by atoms with E-state index in [1.54, 1.807) is 18.2 Å². The molecule has 1 saturated carbocycles. The van der Waals surface area contributed by atoms with Gasteiger partial charge in [-0.25, -0.2) is 4.98 Å². The first kappa shape index (κ1) is 19.1. The zero-order valence-corrected chi connectivity index (χ0v) is 15.6. The van der Waals surface area contributed by atoms with Gasteiger partial charge in [-0.15, -0.1) is 0 Å². The quantitative estimate of drug-likeness (QED) is 0.738. The Morgan fingerprint density at radius 3 is 2.33 bits per heavy atom. The topological polar surface area (TPSA) is 71.1 Å². The molecule has 0 atom stereocenters. The summed E-state index contributed by atoms with van der Waals surface area (Å²) in [6.07, 6.45) is 7.37. The van der Waals surface area contributed by atoms with Gasteiger partial charge in [-0.1, -0.05) is 55.7 Å². The van der Waals surface area contributed by atoms with Crippen LogP contribution in [0.5, 0.6) is 0 Å². The van der Waals surface area contributed by atoms with Gasteiger partial charge >= 0.3 is 0 Å². The van der Waals surface area contributed by atoms with Crippen molar-refractivity contribution in [3.05, 3.63) is 65.5 Å². The number of nitrogens with one attached hydrogen (secondary N) is 2. The molecule has 2 N–H and O–H groups in total. The summed E-state index contributed by atoms with van der Waals surface area (Å²) < 4.78 is 0. The molecule has 5 heteroatoms. The third-order valence-corrected chi connectivity index (χ3v) is 4.93. The van der Waals surface area contributed by atoms with Crippen molar-refractivity contribution in [3.63, 3.8) is 0 Å². The summed E-state index contributed by atoms with van der Waals surface area (Å²) in [6, 6.07) is 15.4. The molecule has 0 spiro atoms. The second-order valence-electron chi connectivity index (χ2n) is 7.06. The Kier molecular flexibility index (Phi) is 6.97. The van der Waals surface area contributed by atoms with Crippen LogP contribution >= 0.6 is 0 Å². The summed E-state index contributed by atoms with van der Waals surface area (Å²) in [6.45, 7) is 0.577. The number of rotatable bonds is 7. The Morgan fingerprint density at radius 2 is 1.59 bits per heavy atom. The second kappa shape index (κ2) is 9.86. The molecule has 5 nitrogen and oxygen atoms in total. The van der Waals surface area contributed by atoms with Crippen LogP contribution < -0.4 is 10.6 Å². The number of aryl methyl sites for hydroxylation is 1. The van der Waals surface area contributed by atoms with Crippen molar-refractivity contribution in [2.24, 2.45) is 0 Å². The summed E-state index contributed by atoms with van der Waals surface area (Å²) in [5.74, 6) is -0.434. The number of pyridine rings is 1. The number of aromatic nitrogens is 1. The first-order valence-corrected chi connectivity index (χ1v) is 9.82. The van der Waals surface area contributed by atoms with Gasteiger partial charge in [0.05, 0.1) is 0 Å². The summed E-state index contributed by atoms with van der Waals surface area (Å²) >= 11 is 0. The SMILES string of the molecule is O=C(NCCCc1ccccc1)c1cccc(C(=O)NC2CCCCC2)n1. The average Bonchev–Trinajstić information content (AvgIpc) is 2.72. The number of carbonyl (C=O) groups excluding carboxylic acids is 2. The molecule has 0 aliphatic heterocycles. The third-order valence-electron chi connectivity index (χ3n) is 4.93. The summed E-state index contributed by atoms with van der Waals surface area (Å²) in [7, 11) is 0. The minimum absolute atomic E-state index is 0.194. The van der Waals surface area contributed by atoms with E-state index in [2.05, 4.69) is 27.8 Å². The first-order chi connectivity index (χ1) is 13.2.